The third-order valence-electron chi connectivity index (χ3n) is 4.19. The predicted molar refractivity (Wildman–Crippen MR) is 81.4 cm³/mol. The van der Waals surface area contributed by atoms with E-state index in [1.54, 1.807) is 11.3 Å². The van der Waals surface area contributed by atoms with E-state index in [-0.39, 0.29) is 0 Å². The second-order valence-corrected chi connectivity index (χ2v) is 5.60. The molecule has 1 aliphatic rings. The summed E-state index contributed by atoms with van der Waals surface area (Å²) in [5.74, 6) is 0. The van der Waals surface area contributed by atoms with Crippen molar-refractivity contribution in [1.82, 2.24) is 4.57 Å². The van der Waals surface area contributed by atoms with Crippen LogP contribution >= 0.6 is 0 Å². The summed E-state index contributed by atoms with van der Waals surface area (Å²) in [7, 11) is 0. The van der Waals surface area contributed by atoms with Gasteiger partial charge in [0.15, 0.2) is 0 Å². The number of hydrogen-bond acceptors (Lipinski definition) is 0. The van der Waals surface area contributed by atoms with Crippen molar-refractivity contribution < 1.29 is 0 Å². The van der Waals surface area contributed by atoms with Crippen LogP contribution in [-0.4, -0.2) is 4.57 Å². The first-order valence-electron chi connectivity index (χ1n) is 7.66. The number of unbranched alkanes of at least 4 members (excludes halogenated alkanes) is 2. The zero-order valence-electron chi connectivity index (χ0n) is 11.9. The summed E-state index contributed by atoms with van der Waals surface area (Å²) in [6.07, 6.45) is 10.2. The first-order chi connectivity index (χ1) is 9.40. The monoisotopic (exact) mass is 253 g/mol. The molecule has 3 rings (SSSR count). The van der Waals surface area contributed by atoms with Gasteiger partial charge in [0.05, 0.1) is 0 Å². The molecule has 0 amide bonds. The molecular weight excluding hydrogens is 230 g/mol. The topological polar surface area (TPSA) is 4.93 Å². The van der Waals surface area contributed by atoms with Crippen LogP contribution < -0.4 is 0 Å². The summed E-state index contributed by atoms with van der Waals surface area (Å²) in [4.78, 5) is 0. The van der Waals surface area contributed by atoms with Gasteiger partial charge in [0.1, 0.15) is 0 Å². The lowest BCUT2D eigenvalue weighted by Gasteiger charge is -2.06. The normalized spacial score (nSPS) is 13.7. The van der Waals surface area contributed by atoms with E-state index < -0.39 is 0 Å². The van der Waals surface area contributed by atoms with E-state index in [0.717, 1.165) is 0 Å². The van der Waals surface area contributed by atoms with Crippen LogP contribution in [0.25, 0.3) is 11.1 Å². The van der Waals surface area contributed by atoms with Gasteiger partial charge < -0.3 is 4.57 Å². The molecule has 0 radical (unpaired) electrons. The summed E-state index contributed by atoms with van der Waals surface area (Å²) >= 11 is 0. The molecule has 0 saturated carbocycles. The first-order valence-corrected chi connectivity index (χ1v) is 7.66. The lowest BCUT2D eigenvalue weighted by molar-refractivity contribution is 0.708. The third kappa shape index (κ3) is 2.47. The Morgan fingerprint density at radius 1 is 1.11 bits per heavy atom. The van der Waals surface area contributed by atoms with Gasteiger partial charge in [-0.25, -0.2) is 0 Å². The summed E-state index contributed by atoms with van der Waals surface area (Å²) in [5.41, 5.74) is 6.07. The van der Waals surface area contributed by atoms with Gasteiger partial charge in [-0.1, -0.05) is 50.1 Å². The Morgan fingerprint density at radius 3 is 2.74 bits per heavy atom. The molecule has 1 aromatic carbocycles. The molecule has 100 valence electrons. The lowest BCUT2D eigenvalue weighted by atomic mass is 9.97. The molecule has 1 nitrogen and oxygen atoms in total. The molecular formula is C18H23N. The Morgan fingerprint density at radius 2 is 1.95 bits per heavy atom. The maximum Gasteiger partial charge on any atom is 0.0257 e. The summed E-state index contributed by atoms with van der Waals surface area (Å²) in [5, 5.41) is 0. The van der Waals surface area contributed by atoms with Crippen LogP contribution in [0.4, 0.5) is 0 Å². The van der Waals surface area contributed by atoms with Gasteiger partial charge in [-0.2, -0.15) is 0 Å². The summed E-state index contributed by atoms with van der Waals surface area (Å²) in [6.45, 7) is 3.49. The minimum Gasteiger partial charge on any atom is -0.350 e. The Balaban J connectivity index is 1.96. The van der Waals surface area contributed by atoms with Crippen LogP contribution in [0, 0.1) is 0 Å². The van der Waals surface area contributed by atoms with Gasteiger partial charge in [0, 0.05) is 24.0 Å². The van der Waals surface area contributed by atoms with Gasteiger partial charge in [0.25, 0.3) is 0 Å². The fourth-order valence-corrected chi connectivity index (χ4v) is 3.26. The molecule has 2 heterocycles. The SMILES string of the molecule is CCCCCc1cn2c(c1-c1ccccc1)CCC2. The molecule has 0 aliphatic carbocycles. The van der Waals surface area contributed by atoms with Gasteiger partial charge in [0.2, 0.25) is 0 Å². The summed E-state index contributed by atoms with van der Waals surface area (Å²) in [6, 6.07) is 10.9. The minimum absolute atomic E-state index is 1.21. The van der Waals surface area contributed by atoms with Gasteiger partial charge in [-0.3, -0.25) is 0 Å². The van der Waals surface area contributed by atoms with E-state index in [1.165, 1.54) is 56.2 Å². The number of nitrogens with zero attached hydrogens (tertiary/aromatic N) is 1. The highest BCUT2D eigenvalue weighted by molar-refractivity contribution is 5.71. The highest BCUT2D eigenvalue weighted by Gasteiger charge is 2.20. The van der Waals surface area contributed by atoms with Gasteiger partial charge in [-0.15, -0.1) is 0 Å². The molecule has 2 aromatic rings. The lowest BCUT2D eigenvalue weighted by Crippen LogP contribution is -1.90. The van der Waals surface area contributed by atoms with Crippen molar-refractivity contribution >= 4 is 0 Å². The van der Waals surface area contributed by atoms with E-state index in [9.17, 15) is 0 Å². The van der Waals surface area contributed by atoms with Crippen LogP contribution in [0.3, 0.4) is 0 Å². The van der Waals surface area contributed by atoms with E-state index in [0.29, 0.717) is 0 Å². The van der Waals surface area contributed by atoms with Crippen molar-refractivity contribution in [2.45, 2.75) is 52.0 Å². The van der Waals surface area contributed by atoms with Crippen molar-refractivity contribution in [2.75, 3.05) is 0 Å². The van der Waals surface area contributed by atoms with Crippen molar-refractivity contribution in [3.8, 4) is 11.1 Å². The van der Waals surface area contributed by atoms with Crippen molar-refractivity contribution in [2.24, 2.45) is 0 Å². The molecule has 0 unspecified atom stereocenters. The average molecular weight is 253 g/mol. The number of aromatic nitrogens is 1. The Bertz CT molecular complexity index is 536. The maximum atomic E-state index is 2.49. The number of aryl methyl sites for hydroxylation is 2. The molecule has 0 bridgehead atoms. The zero-order valence-corrected chi connectivity index (χ0v) is 11.9. The highest BCUT2D eigenvalue weighted by atomic mass is 15.0. The zero-order chi connectivity index (χ0) is 13.1. The Hall–Kier alpha value is -1.50. The van der Waals surface area contributed by atoms with E-state index in [2.05, 4.69) is 48.0 Å². The maximum absolute atomic E-state index is 2.49. The largest absolute Gasteiger partial charge is 0.350 e. The van der Waals surface area contributed by atoms with Crippen LogP contribution in [0.5, 0.6) is 0 Å². The molecule has 0 fully saturated rings. The fraction of sp³-hybridized carbons (Fsp3) is 0.444. The molecule has 0 spiro atoms. The van der Waals surface area contributed by atoms with E-state index in [1.807, 2.05) is 0 Å². The first kappa shape index (κ1) is 12.5. The number of fused-ring (bicyclic) bond motifs is 1. The number of hydrogen-bond donors (Lipinski definition) is 0. The number of benzene rings is 1. The van der Waals surface area contributed by atoms with Crippen molar-refractivity contribution in [1.29, 1.82) is 0 Å². The predicted octanol–water partition coefficient (Wildman–Crippen LogP) is 4.83. The molecule has 1 aliphatic heterocycles. The standard InChI is InChI=1S/C18H23N/c1-2-3-5-11-16-14-19-13-8-12-17(19)18(16)15-9-6-4-7-10-15/h4,6-7,9-10,14H,2-3,5,8,11-13H2,1H3. The fourth-order valence-electron chi connectivity index (χ4n) is 3.26. The molecule has 1 heteroatoms. The van der Waals surface area contributed by atoms with Crippen LogP contribution in [0.2, 0.25) is 0 Å². The highest BCUT2D eigenvalue weighted by Crippen LogP contribution is 2.34. The van der Waals surface area contributed by atoms with Crippen LogP contribution in [-0.2, 0) is 19.4 Å². The van der Waals surface area contributed by atoms with E-state index >= 15 is 0 Å². The summed E-state index contributed by atoms with van der Waals surface area (Å²) < 4.78 is 2.49. The quantitative estimate of drug-likeness (QED) is 0.672. The average Bonchev–Trinajstić information content (AvgIpc) is 3.00. The van der Waals surface area contributed by atoms with Gasteiger partial charge in [-0.05, 0) is 36.8 Å². The molecule has 0 N–H and O–H groups in total. The molecule has 0 atom stereocenters. The van der Waals surface area contributed by atoms with Crippen molar-refractivity contribution in [3.05, 3.63) is 47.8 Å². The van der Waals surface area contributed by atoms with Crippen molar-refractivity contribution in [3.63, 3.8) is 0 Å². The Labute approximate surface area is 116 Å². The minimum atomic E-state index is 1.21. The Kier molecular flexibility index (Phi) is 3.72. The van der Waals surface area contributed by atoms with Crippen LogP contribution in [0.15, 0.2) is 36.5 Å². The smallest absolute Gasteiger partial charge is 0.0257 e. The molecule has 1 aromatic heterocycles. The van der Waals surface area contributed by atoms with Crippen LogP contribution in [0.1, 0.15) is 43.9 Å². The molecule has 0 saturated heterocycles. The third-order valence-corrected chi connectivity index (χ3v) is 4.19. The van der Waals surface area contributed by atoms with Gasteiger partial charge >= 0.3 is 0 Å². The second-order valence-electron chi connectivity index (χ2n) is 5.60. The second kappa shape index (κ2) is 5.64. The number of rotatable bonds is 5. The molecule has 19 heavy (non-hydrogen) atoms. The van der Waals surface area contributed by atoms with E-state index in [4.69, 9.17) is 0 Å².